The van der Waals surface area contributed by atoms with Crippen LogP contribution in [0, 0.1) is 0 Å². The lowest BCUT2D eigenvalue weighted by molar-refractivity contribution is -0.139. The number of carbonyl (C=O) groups is 2. The molecule has 3 heterocycles. The van der Waals surface area contributed by atoms with Gasteiger partial charge in [-0.05, 0) is 42.5 Å². The van der Waals surface area contributed by atoms with Crippen LogP contribution in [0.1, 0.15) is 49.0 Å². The summed E-state index contributed by atoms with van der Waals surface area (Å²) in [6.45, 7) is 1.09. The third-order valence-electron chi connectivity index (χ3n) is 5.88. The monoisotopic (exact) mass is 389 g/mol. The summed E-state index contributed by atoms with van der Waals surface area (Å²) in [6.07, 6.45) is 5.21. The van der Waals surface area contributed by atoms with E-state index in [0.29, 0.717) is 6.54 Å². The van der Waals surface area contributed by atoms with Crippen LogP contribution >= 0.6 is 0 Å². The van der Waals surface area contributed by atoms with Gasteiger partial charge in [0.15, 0.2) is 6.23 Å². The maximum Gasteiger partial charge on any atom is 0.237 e. The molecule has 0 spiro atoms. The summed E-state index contributed by atoms with van der Waals surface area (Å²) in [5.41, 5.74) is 2.83. The number of amides is 2. The van der Waals surface area contributed by atoms with E-state index in [0.717, 1.165) is 47.9 Å². The minimum absolute atomic E-state index is 0.0249. The van der Waals surface area contributed by atoms with Gasteiger partial charge in [0.1, 0.15) is 0 Å². The molecule has 0 radical (unpaired) electrons. The zero-order chi connectivity index (χ0) is 19.8. The molecule has 0 saturated carbocycles. The van der Waals surface area contributed by atoms with Crippen molar-refractivity contribution in [2.45, 2.75) is 44.4 Å². The van der Waals surface area contributed by atoms with E-state index >= 15 is 0 Å². The Bertz CT molecular complexity index is 1050. The minimum Gasteiger partial charge on any atom is -0.356 e. The number of nitrogens with zero attached hydrogens (tertiary/aromatic N) is 3. The zero-order valence-electron chi connectivity index (χ0n) is 16.2. The summed E-state index contributed by atoms with van der Waals surface area (Å²) < 4.78 is 7.79. The summed E-state index contributed by atoms with van der Waals surface area (Å²) >= 11 is 0. The van der Waals surface area contributed by atoms with Gasteiger partial charge in [-0.25, -0.2) is 4.68 Å². The van der Waals surface area contributed by atoms with E-state index in [1.807, 2.05) is 59.4 Å². The Kier molecular flexibility index (Phi) is 4.64. The molecular weight excluding hydrogens is 366 g/mol. The third kappa shape index (κ3) is 3.34. The lowest BCUT2D eigenvalue weighted by atomic mass is 9.96. The maximum atomic E-state index is 13.0. The fraction of sp³-hybridized carbons (Fsp3) is 0.348. The van der Waals surface area contributed by atoms with Crippen LogP contribution in [-0.2, 0) is 20.9 Å². The number of ether oxygens (including phenoxy) is 1. The first-order valence-electron chi connectivity index (χ1n) is 10.2. The van der Waals surface area contributed by atoms with Crippen molar-refractivity contribution in [3.8, 4) is 0 Å². The molecule has 2 aliphatic heterocycles. The van der Waals surface area contributed by atoms with Crippen molar-refractivity contribution in [1.82, 2.24) is 14.7 Å². The lowest BCUT2D eigenvalue weighted by Gasteiger charge is -2.23. The normalized spacial score (nSPS) is 22.6. The number of fused-ring (bicyclic) bond motifs is 1. The zero-order valence-corrected chi connectivity index (χ0v) is 16.2. The van der Waals surface area contributed by atoms with Gasteiger partial charge in [0, 0.05) is 18.4 Å². The van der Waals surface area contributed by atoms with Gasteiger partial charge < -0.3 is 4.74 Å². The molecule has 0 aliphatic carbocycles. The van der Waals surface area contributed by atoms with Crippen LogP contribution in [0.5, 0.6) is 0 Å². The molecule has 29 heavy (non-hydrogen) atoms. The number of carbonyl (C=O) groups excluding carboxylic acids is 2. The van der Waals surface area contributed by atoms with E-state index in [9.17, 15) is 9.59 Å². The maximum absolute atomic E-state index is 13.0. The van der Waals surface area contributed by atoms with Crippen LogP contribution in [0.3, 0.4) is 0 Å². The van der Waals surface area contributed by atoms with Crippen molar-refractivity contribution in [3.63, 3.8) is 0 Å². The Morgan fingerprint density at radius 1 is 1.07 bits per heavy atom. The standard InChI is InChI=1S/C23H23N3O3/c27-21-13-19(23(28)25(21)15-16-6-2-1-3-7-16)17-9-10-20-18(12-17)14-24-26(20)22-8-4-5-11-29-22/h1-3,6-7,9-10,12,14,19,22H,4-5,8,11,13,15H2/t19-,22+/m1/s1. The van der Waals surface area contributed by atoms with Gasteiger partial charge in [0.25, 0.3) is 0 Å². The Balaban J connectivity index is 1.39. The van der Waals surface area contributed by atoms with Crippen molar-refractivity contribution in [2.75, 3.05) is 6.61 Å². The van der Waals surface area contributed by atoms with E-state index in [-0.39, 0.29) is 24.5 Å². The lowest BCUT2D eigenvalue weighted by Crippen LogP contribution is -2.29. The Labute approximate surface area is 169 Å². The van der Waals surface area contributed by atoms with E-state index in [1.54, 1.807) is 0 Å². The third-order valence-corrected chi connectivity index (χ3v) is 5.88. The van der Waals surface area contributed by atoms with E-state index in [4.69, 9.17) is 4.74 Å². The highest BCUT2D eigenvalue weighted by Gasteiger charge is 2.39. The molecular formula is C23H23N3O3. The van der Waals surface area contributed by atoms with E-state index in [1.165, 1.54) is 4.90 Å². The second-order valence-corrected chi connectivity index (χ2v) is 7.79. The number of hydrogen-bond acceptors (Lipinski definition) is 4. The molecule has 2 aromatic carbocycles. The van der Waals surface area contributed by atoms with Gasteiger partial charge in [-0.3, -0.25) is 14.5 Å². The highest BCUT2D eigenvalue weighted by atomic mass is 16.5. The molecule has 0 N–H and O–H groups in total. The quantitative estimate of drug-likeness (QED) is 0.637. The first-order valence-corrected chi connectivity index (χ1v) is 10.2. The summed E-state index contributed by atoms with van der Waals surface area (Å²) in [5.74, 6) is -0.665. The summed E-state index contributed by atoms with van der Waals surface area (Å²) in [4.78, 5) is 26.9. The number of hydrogen-bond donors (Lipinski definition) is 0. The second kappa shape index (κ2) is 7.44. The van der Waals surface area contributed by atoms with Gasteiger partial charge in [0.05, 0.1) is 24.2 Å². The first-order chi connectivity index (χ1) is 14.2. The summed E-state index contributed by atoms with van der Waals surface area (Å²) in [5, 5.41) is 5.49. The van der Waals surface area contributed by atoms with Crippen LogP contribution in [-0.4, -0.2) is 33.1 Å². The Morgan fingerprint density at radius 2 is 1.93 bits per heavy atom. The Morgan fingerprint density at radius 3 is 2.72 bits per heavy atom. The fourth-order valence-electron chi connectivity index (χ4n) is 4.31. The molecule has 1 aromatic heterocycles. The molecule has 2 aliphatic rings. The Hall–Kier alpha value is -2.99. The molecule has 2 atom stereocenters. The van der Waals surface area contributed by atoms with Crippen molar-refractivity contribution in [1.29, 1.82) is 0 Å². The van der Waals surface area contributed by atoms with Crippen molar-refractivity contribution in [3.05, 3.63) is 65.9 Å². The SMILES string of the molecule is O=C1C[C@H](c2ccc3c(cnn3[C@@H]3CCCCO3)c2)C(=O)N1Cc1ccccc1. The van der Waals surface area contributed by atoms with Crippen molar-refractivity contribution < 1.29 is 14.3 Å². The average molecular weight is 389 g/mol. The molecule has 2 amide bonds. The number of aromatic nitrogens is 2. The fourth-order valence-corrected chi connectivity index (χ4v) is 4.31. The summed E-state index contributed by atoms with van der Waals surface area (Å²) in [7, 11) is 0. The molecule has 6 heteroatoms. The smallest absolute Gasteiger partial charge is 0.237 e. The van der Waals surface area contributed by atoms with E-state index in [2.05, 4.69) is 5.10 Å². The van der Waals surface area contributed by atoms with Gasteiger partial charge in [-0.15, -0.1) is 0 Å². The molecule has 2 fully saturated rings. The molecule has 2 saturated heterocycles. The van der Waals surface area contributed by atoms with Crippen LogP contribution in [0.15, 0.2) is 54.7 Å². The van der Waals surface area contributed by atoms with E-state index < -0.39 is 5.92 Å². The van der Waals surface area contributed by atoms with Gasteiger partial charge in [-0.1, -0.05) is 36.4 Å². The number of benzene rings is 2. The predicted octanol–water partition coefficient (Wildman–Crippen LogP) is 3.78. The summed E-state index contributed by atoms with van der Waals surface area (Å²) in [6, 6.07) is 15.6. The van der Waals surface area contributed by atoms with Crippen LogP contribution in [0.4, 0.5) is 0 Å². The number of likely N-dealkylation sites (tertiary alicyclic amines) is 1. The van der Waals surface area contributed by atoms with Crippen molar-refractivity contribution in [2.24, 2.45) is 0 Å². The molecule has 148 valence electrons. The topological polar surface area (TPSA) is 64.4 Å². The van der Waals surface area contributed by atoms with Crippen molar-refractivity contribution >= 4 is 22.7 Å². The molecule has 0 unspecified atom stereocenters. The van der Waals surface area contributed by atoms with Gasteiger partial charge in [-0.2, -0.15) is 5.10 Å². The average Bonchev–Trinajstić information content (AvgIpc) is 3.31. The first kappa shape index (κ1) is 18.1. The van der Waals surface area contributed by atoms with Crippen LogP contribution < -0.4 is 0 Å². The number of imide groups is 1. The predicted molar refractivity (Wildman–Crippen MR) is 108 cm³/mol. The molecule has 0 bridgehead atoms. The second-order valence-electron chi connectivity index (χ2n) is 7.79. The number of rotatable bonds is 4. The highest BCUT2D eigenvalue weighted by Crippen LogP contribution is 2.33. The minimum atomic E-state index is -0.426. The molecule has 6 nitrogen and oxygen atoms in total. The highest BCUT2D eigenvalue weighted by molar-refractivity contribution is 6.06. The van der Waals surface area contributed by atoms with Gasteiger partial charge in [0.2, 0.25) is 11.8 Å². The largest absolute Gasteiger partial charge is 0.356 e. The molecule has 5 rings (SSSR count). The van der Waals surface area contributed by atoms with Crippen LogP contribution in [0.2, 0.25) is 0 Å². The van der Waals surface area contributed by atoms with Gasteiger partial charge >= 0.3 is 0 Å². The molecule has 3 aromatic rings. The van der Waals surface area contributed by atoms with Crippen LogP contribution in [0.25, 0.3) is 10.9 Å².